The van der Waals surface area contributed by atoms with Crippen LogP contribution in [0.25, 0.3) is 0 Å². The molecule has 0 fully saturated rings. The van der Waals surface area contributed by atoms with Gasteiger partial charge < -0.3 is 20.1 Å². The van der Waals surface area contributed by atoms with Crippen LogP contribution in [0.4, 0.5) is 5.69 Å². The summed E-state index contributed by atoms with van der Waals surface area (Å²) in [4.78, 5) is 4.17. The number of hydrogen-bond donors (Lipinski definition) is 3. The van der Waals surface area contributed by atoms with E-state index in [1.807, 2.05) is 24.3 Å². The van der Waals surface area contributed by atoms with Crippen LogP contribution in [-0.4, -0.2) is 37.4 Å². The Balaban J connectivity index is 0.00000242. The number of anilines is 1. The largest absolute Gasteiger partial charge is 0.493 e. The van der Waals surface area contributed by atoms with Crippen LogP contribution in [-0.2, 0) is 6.54 Å². The third-order valence-electron chi connectivity index (χ3n) is 2.87. The molecule has 2 rings (SSSR count). The molecule has 0 bridgehead atoms. The number of aliphatic imine (C=N–C) groups is 1. The lowest BCUT2D eigenvalue weighted by Crippen LogP contribution is -2.30. The van der Waals surface area contributed by atoms with Gasteiger partial charge in [-0.1, -0.05) is 0 Å². The van der Waals surface area contributed by atoms with Crippen LogP contribution in [0.3, 0.4) is 0 Å². The number of nitrogens with one attached hydrogen (secondary N) is 3. The molecular weight excluding hydrogens is 397 g/mol. The van der Waals surface area contributed by atoms with Gasteiger partial charge in [0, 0.05) is 25.0 Å². The Labute approximate surface area is 146 Å². The van der Waals surface area contributed by atoms with Gasteiger partial charge in [-0.15, -0.1) is 24.0 Å². The fourth-order valence-corrected chi connectivity index (χ4v) is 1.79. The highest BCUT2D eigenvalue weighted by Crippen LogP contribution is 2.29. The second-order valence-corrected chi connectivity index (χ2v) is 4.20. The molecule has 0 spiro atoms. The molecule has 120 valence electrons. The quantitative estimate of drug-likeness (QED) is 0.395. The van der Waals surface area contributed by atoms with Gasteiger partial charge in [-0.25, -0.2) is 0 Å². The van der Waals surface area contributed by atoms with E-state index >= 15 is 0 Å². The predicted molar refractivity (Wildman–Crippen MR) is 97.4 cm³/mol. The zero-order valence-electron chi connectivity index (χ0n) is 12.7. The van der Waals surface area contributed by atoms with Crippen molar-refractivity contribution in [3.05, 3.63) is 36.2 Å². The Morgan fingerprint density at radius 1 is 1.23 bits per heavy atom. The van der Waals surface area contributed by atoms with Crippen LogP contribution in [0.2, 0.25) is 0 Å². The number of H-pyrrole nitrogens is 1. The van der Waals surface area contributed by atoms with Crippen molar-refractivity contribution in [2.45, 2.75) is 6.54 Å². The van der Waals surface area contributed by atoms with Crippen LogP contribution >= 0.6 is 24.0 Å². The highest BCUT2D eigenvalue weighted by atomic mass is 127. The Kier molecular flexibility index (Phi) is 7.50. The highest BCUT2D eigenvalue weighted by Gasteiger charge is 2.06. The second kappa shape index (κ2) is 9.13. The summed E-state index contributed by atoms with van der Waals surface area (Å²) in [5.74, 6) is 1.99. The van der Waals surface area contributed by atoms with Gasteiger partial charge in [0.25, 0.3) is 0 Å². The summed E-state index contributed by atoms with van der Waals surface area (Å²) in [6, 6.07) is 7.48. The lowest BCUT2D eigenvalue weighted by Gasteiger charge is -2.13. The van der Waals surface area contributed by atoms with E-state index in [-0.39, 0.29) is 24.0 Å². The van der Waals surface area contributed by atoms with Gasteiger partial charge in [0.05, 0.1) is 26.5 Å². The van der Waals surface area contributed by atoms with Crippen molar-refractivity contribution in [1.29, 1.82) is 0 Å². The van der Waals surface area contributed by atoms with Crippen molar-refractivity contribution >= 4 is 35.6 Å². The highest BCUT2D eigenvalue weighted by molar-refractivity contribution is 14.0. The molecule has 1 heterocycles. The summed E-state index contributed by atoms with van der Waals surface area (Å²) in [5.41, 5.74) is 1.83. The molecular formula is C14H20IN5O2. The summed E-state index contributed by atoms with van der Waals surface area (Å²) < 4.78 is 10.5. The van der Waals surface area contributed by atoms with E-state index in [0.29, 0.717) is 24.0 Å². The van der Waals surface area contributed by atoms with E-state index in [4.69, 9.17) is 9.47 Å². The van der Waals surface area contributed by atoms with E-state index in [2.05, 4.69) is 25.8 Å². The third kappa shape index (κ3) is 4.79. The first-order valence-corrected chi connectivity index (χ1v) is 6.44. The number of hydrogen-bond acceptors (Lipinski definition) is 4. The molecule has 0 atom stereocenters. The molecule has 22 heavy (non-hydrogen) atoms. The lowest BCUT2D eigenvalue weighted by molar-refractivity contribution is 0.355. The SMILES string of the molecule is CN=C(NCc1ccn[nH]1)Nc1ccc(OC)c(OC)c1.I. The third-order valence-corrected chi connectivity index (χ3v) is 2.87. The number of methoxy groups -OCH3 is 2. The van der Waals surface area contributed by atoms with Gasteiger partial charge in [-0.3, -0.25) is 10.1 Å². The van der Waals surface area contributed by atoms with E-state index < -0.39 is 0 Å². The minimum absolute atomic E-state index is 0. The molecule has 7 nitrogen and oxygen atoms in total. The lowest BCUT2D eigenvalue weighted by atomic mass is 10.3. The summed E-state index contributed by atoms with van der Waals surface area (Å²) in [6.45, 7) is 0.604. The average molecular weight is 417 g/mol. The number of aromatic nitrogens is 2. The van der Waals surface area contributed by atoms with E-state index in [1.54, 1.807) is 27.5 Å². The molecule has 0 saturated heterocycles. The number of aromatic amines is 1. The summed E-state index contributed by atoms with van der Waals surface area (Å²) in [6.07, 6.45) is 1.71. The number of guanidine groups is 1. The molecule has 1 aromatic carbocycles. The minimum atomic E-state index is 0. The van der Waals surface area contributed by atoms with Crippen LogP contribution in [0.15, 0.2) is 35.5 Å². The van der Waals surface area contributed by atoms with Gasteiger partial charge in [-0.2, -0.15) is 5.10 Å². The molecule has 3 N–H and O–H groups in total. The van der Waals surface area contributed by atoms with Gasteiger partial charge in [0.15, 0.2) is 17.5 Å². The van der Waals surface area contributed by atoms with Gasteiger partial charge in [0.2, 0.25) is 0 Å². The van der Waals surface area contributed by atoms with E-state index in [9.17, 15) is 0 Å². The Hall–Kier alpha value is -1.97. The summed E-state index contributed by atoms with van der Waals surface area (Å²) >= 11 is 0. The Morgan fingerprint density at radius 2 is 2.00 bits per heavy atom. The first-order valence-electron chi connectivity index (χ1n) is 6.44. The average Bonchev–Trinajstić information content (AvgIpc) is 3.04. The molecule has 0 saturated carbocycles. The maximum Gasteiger partial charge on any atom is 0.195 e. The molecule has 0 aliphatic carbocycles. The normalized spacial score (nSPS) is 10.6. The van der Waals surface area contributed by atoms with Crippen LogP contribution in [0.5, 0.6) is 11.5 Å². The van der Waals surface area contributed by atoms with E-state index in [0.717, 1.165) is 11.4 Å². The summed E-state index contributed by atoms with van der Waals surface area (Å²) in [7, 11) is 4.92. The van der Waals surface area contributed by atoms with Gasteiger partial charge >= 0.3 is 0 Å². The predicted octanol–water partition coefficient (Wildman–Crippen LogP) is 2.23. The number of nitrogens with zero attached hydrogens (tertiary/aromatic N) is 2. The second-order valence-electron chi connectivity index (χ2n) is 4.20. The van der Waals surface area contributed by atoms with Crippen molar-refractivity contribution < 1.29 is 9.47 Å². The zero-order valence-corrected chi connectivity index (χ0v) is 15.0. The topological polar surface area (TPSA) is 83.6 Å². The van der Waals surface area contributed by atoms with Crippen molar-refractivity contribution in [3.8, 4) is 11.5 Å². The number of rotatable bonds is 5. The van der Waals surface area contributed by atoms with Crippen molar-refractivity contribution in [2.24, 2.45) is 4.99 Å². The van der Waals surface area contributed by atoms with Gasteiger partial charge in [0.1, 0.15) is 0 Å². The monoisotopic (exact) mass is 417 g/mol. The van der Waals surface area contributed by atoms with Crippen LogP contribution < -0.4 is 20.1 Å². The smallest absolute Gasteiger partial charge is 0.195 e. The fourth-order valence-electron chi connectivity index (χ4n) is 1.79. The van der Waals surface area contributed by atoms with Gasteiger partial charge in [-0.05, 0) is 18.2 Å². The minimum Gasteiger partial charge on any atom is -0.493 e. The van der Waals surface area contributed by atoms with Crippen molar-refractivity contribution in [3.63, 3.8) is 0 Å². The van der Waals surface area contributed by atoms with Crippen LogP contribution in [0, 0.1) is 0 Å². The molecule has 0 amide bonds. The zero-order chi connectivity index (χ0) is 15.1. The van der Waals surface area contributed by atoms with E-state index in [1.165, 1.54) is 0 Å². The number of ether oxygens (including phenoxy) is 2. The van der Waals surface area contributed by atoms with Crippen molar-refractivity contribution in [1.82, 2.24) is 15.5 Å². The molecule has 1 aromatic heterocycles. The molecule has 8 heteroatoms. The molecule has 0 radical (unpaired) electrons. The number of benzene rings is 1. The van der Waals surface area contributed by atoms with Crippen molar-refractivity contribution in [2.75, 3.05) is 26.6 Å². The first kappa shape index (κ1) is 18.1. The number of halogens is 1. The first-order chi connectivity index (χ1) is 10.3. The maximum absolute atomic E-state index is 5.27. The molecule has 0 aliphatic heterocycles. The van der Waals surface area contributed by atoms with Crippen LogP contribution in [0.1, 0.15) is 5.69 Å². The Bertz CT molecular complexity index is 601. The molecule has 0 aliphatic rings. The molecule has 2 aromatic rings. The standard InChI is InChI=1S/C14H19N5O2.HI/c1-15-14(16-9-11-6-7-17-19-11)18-10-4-5-12(20-2)13(8-10)21-3;/h4-8H,9H2,1-3H3,(H,17,19)(H2,15,16,18);1H. The summed E-state index contributed by atoms with van der Waals surface area (Å²) in [5, 5.41) is 13.1. The maximum atomic E-state index is 5.27. The Morgan fingerprint density at radius 3 is 2.59 bits per heavy atom. The molecule has 0 unspecified atom stereocenters. The fraction of sp³-hybridized carbons (Fsp3) is 0.286.